The number of carbonyl (C=O) groups is 2. The van der Waals surface area contributed by atoms with E-state index in [4.69, 9.17) is 4.84 Å². The number of benzene rings is 2. The average molecular weight is 361 g/mol. The smallest absolute Gasteiger partial charge is 0.276 e. The molecule has 0 saturated heterocycles. The molecule has 0 radical (unpaired) electrons. The van der Waals surface area contributed by atoms with E-state index in [1.165, 1.54) is 11.8 Å². The van der Waals surface area contributed by atoms with Crippen LogP contribution >= 0.6 is 0 Å². The summed E-state index contributed by atoms with van der Waals surface area (Å²) in [7, 11) is 0. The molecule has 0 bridgehead atoms. The van der Waals surface area contributed by atoms with Crippen LogP contribution in [0.1, 0.15) is 22.8 Å². The molecule has 136 valence electrons. The van der Waals surface area contributed by atoms with Gasteiger partial charge >= 0.3 is 0 Å². The van der Waals surface area contributed by atoms with Crippen LogP contribution in [0.3, 0.4) is 0 Å². The lowest BCUT2D eigenvalue weighted by Crippen LogP contribution is -2.29. The zero-order valence-electron chi connectivity index (χ0n) is 14.8. The van der Waals surface area contributed by atoms with Gasteiger partial charge in [0.05, 0.1) is 23.5 Å². The normalized spacial score (nSPS) is 10.3. The molecule has 1 aromatic heterocycles. The summed E-state index contributed by atoms with van der Waals surface area (Å²) in [6, 6.07) is 19.8. The summed E-state index contributed by atoms with van der Waals surface area (Å²) in [6.07, 6.45) is 3.19. The van der Waals surface area contributed by atoms with Crippen molar-refractivity contribution in [2.75, 3.05) is 4.90 Å². The maximum absolute atomic E-state index is 12.6. The van der Waals surface area contributed by atoms with Crippen LogP contribution in [0.5, 0.6) is 0 Å². The zero-order valence-corrected chi connectivity index (χ0v) is 14.8. The summed E-state index contributed by atoms with van der Waals surface area (Å²) in [5.41, 5.74) is 4.81. The lowest BCUT2D eigenvalue weighted by Gasteiger charge is -2.23. The number of amides is 2. The van der Waals surface area contributed by atoms with E-state index in [1.54, 1.807) is 48.8 Å². The van der Waals surface area contributed by atoms with E-state index in [9.17, 15) is 9.59 Å². The second kappa shape index (κ2) is 8.73. The first kappa shape index (κ1) is 18.3. The first-order valence-corrected chi connectivity index (χ1v) is 8.42. The van der Waals surface area contributed by atoms with E-state index in [2.05, 4.69) is 10.5 Å². The molecule has 0 aliphatic rings. The highest BCUT2D eigenvalue weighted by Crippen LogP contribution is 2.28. The van der Waals surface area contributed by atoms with Gasteiger partial charge in [-0.3, -0.25) is 24.3 Å². The fraction of sp³-hybridized carbons (Fsp3) is 0.0952. The first-order valence-electron chi connectivity index (χ1n) is 8.42. The van der Waals surface area contributed by atoms with Crippen molar-refractivity contribution in [2.45, 2.75) is 13.5 Å². The third kappa shape index (κ3) is 4.56. The highest BCUT2D eigenvalue weighted by atomic mass is 16.6. The van der Waals surface area contributed by atoms with Crippen LogP contribution in [-0.2, 0) is 16.2 Å². The van der Waals surface area contributed by atoms with Crippen LogP contribution in [0.15, 0.2) is 79.1 Å². The van der Waals surface area contributed by atoms with Crippen LogP contribution in [-0.4, -0.2) is 16.8 Å². The van der Waals surface area contributed by atoms with Gasteiger partial charge in [0, 0.05) is 19.3 Å². The third-order valence-corrected chi connectivity index (χ3v) is 3.87. The summed E-state index contributed by atoms with van der Waals surface area (Å²) >= 11 is 0. The maximum atomic E-state index is 12.6. The van der Waals surface area contributed by atoms with Crippen LogP contribution < -0.4 is 10.4 Å². The third-order valence-electron chi connectivity index (χ3n) is 3.87. The lowest BCUT2D eigenvalue weighted by molar-refractivity contribution is -0.115. The molecule has 0 atom stereocenters. The van der Waals surface area contributed by atoms with Gasteiger partial charge in [-0.2, -0.15) is 0 Å². The standard InChI is InChI=1S/C21H19N3O3/c1-16(25)24(18-11-13-22-14-12-18)20-10-6-5-9-19(20)21(26)23-27-15-17-7-3-2-4-8-17/h2-14H,15H2,1H3,(H,23,26). The number of hydrogen-bond donors (Lipinski definition) is 1. The molecule has 27 heavy (non-hydrogen) atoms. The summed E-state index contributed by atoms with van der Waals surface area (Å²) < 4.78 is 0. The van der Waals surface area contributed by atoms with E-state index in [0.717, 1.165) is 5.56 Å². The van der Waals surface area contributed by atoms with Crippen molar-refractivity contribution in [1.82, 2.24) is 10.5 Å². The number of nitrogens with one attached hydrogen (secondary N) is 1. The summed E-state index contributed by atoms with van der Waals surface area (Å²) in [4.78, 5) is 35.6. The molecule has 0 saturated carbocycles. The van der Waals surface area contributed by atoms with Crippen LogP contribution in [0, 0.1) is 0 Å². The Morgan fingerprint density at radius 2 is 1.63 bits per heavy atom. The van der Waals surface area contributed by atoms with Crippen molar-refractivity contribution >= 4 is 23.2 Å². The molecule has 0 unspecified atom stereocenters. The predicted octanol–water partition coefficient (Wildman–Crippen LogP) is 3.63. The average Bonchev–Trinajstić information content (AvgIpc) is 2.70. The SMILES string of the molecule is CC(=O)N(c1ccncc1)c1ccccc1C(=O)NOCc1ccccc1. The van der Waals surface area contributed by atoms with Crippen molar-refractivity contribution in [2.24, 2.45) is 0 Å². The highest BCUT2D eigenvalue weighted by molar-refractivity contribution is 6.07. The van der Waals surface area contributed by atoms with Gasteiger partial charge in [0.1, 0.15) is 0 Å². The molecule has 3 rings (SSSR count). The van der Waals surface area contributed by atoms with E-state index < -0.39 is 5.91 Å². The molecule has 2 amide bonds. The Morgan fingerprint density at radius 3 is 2.33 bits per heavy atom. The van der Waals surface area contributed by atoms with E-state index in [0.29, 0.717) is 16.9 Å². The number of pyridine rings is 1. The molecule has 1 heterocycles. The summed E-state index contributed by atoms with van der Waals surface area (Å²) in [6.45, 7) is 1.69. The van der Waals surface area contributed by atoms with Crippen LogP contribution in [0.2, 0.25) is 0 Å². The van der Waals surface area contributed by atoms with E-state index in [-0.39, 0.29) is 12.5 Å². The number of aromatic nitrogens is 1. The minimum atomic E-state index is -0.429. The summed E-state index contributed by atoms with van der Waals surface area (Å²) in [5.74, 6) is -0.645. The van der Waals surface area contributed by atoms with Gasteiger partial charge in [-0.15, -0.1) is 0 Å². The zero-order chi connectivity index (χ0) is 19.1. The Balaban J connectivity index is 1.80. The predicted molar refractivity (Wildman–Crippen MR) is 102 cm³/mol. The second-order valence-electron chi connectivity index (χ2n) is 5.78. The Kier molecular flexibility index (Phi) is 5.91. The van der Waals surface area contributed by atoms with Crippen molar-refractivity contribution in [3.63, 3.8) is 0 Å². The van der Waals surface area contributed by atoms with Crippen LogP contribution in [0.4, 0.5) is 11.4 Å². The second-order valence-corrected chi connectivity index (χ2v) is 5.78. The number of para-hydroxylation sites is 1. The number of hydroxylamine groups is 1. The molecular formula is C21H19N3O3. The van der Waals surface area contributed by atoms with E-state index >= 15 is 0 Å². The number of rotatable bonds is 6. The topological polar surface area (TPSA) is 71.5 Å². The van der Waals surface area contributed by atoms with Crippen LogP contribution in [0.25, 0.3) is 0 Å². The molecule has 1 N–H and O–H groups in total. The van der Waals surface area contributed by atoms with Gasteiger partial charge in [0.15, 0.2) is 0 Å². The molecule has 2 aromatic carbocycles. The lowest BCUT2D eigenvalue weighted by atomic mass is 10.1. The van der Waals surface area contributed by atoms with Gasteiger partial charge in [-0.1, -0.05) is 42.5 Å². The number of nitrogens with zero attached hydrogens (tertiary/aromatic N) is 2. The Bertz CT molecular complexity index is 914. The monoisotopic (exact) mass is 361 g/mol. The number of carbonyl (C=O) groups excluding carboxylic acids is 2. The van der Waals surface area contributed by atoms with Gasteiger partial charge < -0.3 is 0 Å². The molecule has 0 aliphatic carbocycles. The van der Waals surface area contributed by atoms with E-state index in [1.807, 2.05) is 30.3 Å². The van der Waals surface area contributed by atoms with Crippen molar-refractivity contribution in [3.8, 4) is 0 Å². The van der Waals surface area contributed by atoms with Crippen molar-refractivity contribution in [3.05, 3.63) is 90.3 Å². The van der Waals surface area contributed by atoms with Gasteiger partial charge in [0.2, 0.25) is 5.91 Å². The molecule has 6 heteroatoms. The molecule has 3 aromatic rings. The molecule has 0 fully saturated rings. The maximum Gasteiger partial charge on any atom is 0.276 e. The highest BCUT2D eigenvalue weighted by Gasteiger charge is 2.20. The Morgan fingerprint density at radius 1 is 0.963 bits per heavy atom. The number of anilines is 2. The fourth-order valence-electron chi connectivity index (χ4n) is 2.66. The minimum Gasteiger partial charge on any atom is -0.280 e. The molecule has 0 spiro atoms. The fourth-order valence-corrected chi connectivity index (χ4v) is 2.66. The quantitative estimate of drug-likeness (QED) is 0.681. The Hall–Kier alpha value is -3.51. The molecule has 6 nitrogen and oxygen atoms in total. The largest absolute Gasteiger partial charge is 0.280 e. The summed E-state index contributed by atoms with van der Waals surface area (Å²) in [5, 5.41) is 0. The molecule has 0 aliphatic heterocycles. The van der Waals surface area contributed by atoms with Crippen molar-refractivity contribution in [1.29, 1.82) is 0 Å². The first-order chi connectivity index (χ1) is 13.2. The Labute approximate surface area is 157 Å². The van der Waals surface area contributed by atoms with Crippen molar-refractivity contribution < 1.29 is 14.4 Å². The van der Waals surface area contributed by atoms with Gasteiger partial charge in [-0.05, 0) is 29.8 Å². The van der Waals surface area contributed by atoms with Gasteiger partial charge in [-0.25, -0.2) is 5.48 Å². The molecular weight excluding hydrogens is 342 g/mol. The minimum absolute atomic E-state index is 0.216. The number of hydrogen-bond acceptors (Lipinski definition) is 4. The van der Waals surface area contributed by atoms with Gasteiger partial charge in [0.25, 0.3) is 5.91 Å².